The van der Waals surface area contributed by atoms with Crippen molar-refractivity contribution in [3.05, 3.63) is 23.8 Å². The first-order chi connectivity index (χ1) is 13.0. The van der Waals surface area contributed by atoms with Crippen LogP contribution in [0.15, 0.2) is 18.2 Å². The number of hydrogen-bond acceptors (Lipinski definition) is 9. The lowest BCUT2D eigenvalue weighted by molar-refractivity contribution is -0.137. The van der Waals surface area contributed by atoms with E-state index in [1.807, 2.05) is 0 Å². The summed E-state index contributed by atoms with van der Waals surface area (Å²) in [6, 6.07) is -0.272. The number of hydrogen-bond donors (Lipinski definition) is 4. The van der Waals surface area contributed by atoms with E-state index < -0.39 is 58.2 Å². The van der Waals surface area contributed by atoms with Crippen molar-refractivity contribution in [2.24, 2.45) is 5.73 Å². The molecule has 1 aromatic carbocycles. The highest BCUT2D eigenvalue weighted by molar-refractivity contribution is 7.88. The number of nitrogens with one attached hydrogen (secondary N) is 1. The van der Waals surface area contributed by atoms with Crippen molar-refractivity contribution in [3.8, 4) is 11.5 Å². The van der Waals surface area contributed by atoms with Crippen molar-refractivity contribution >= 4 is 34.1 Å². The van der Waals surface area contributed by atoms with Gasteiger partial charge < -0.3 is 15.9 Å². The van der Waals surface area contributed by atoms with Gasteiger partial charge in [0.05, 0.1) is 13.1 Å². The van der Waals surface area contributed by atoms with Crippen LogP contribution >= 0.6 is 0 Å². The molecule has 0 radical (unpaired) electrons. The van der Waals surface area contributed by atoms with Gasteiger partial charge in [0.2, 0.25) is 5.91 Å². The Morgan fingerprint density at radius 2 is 1.79 bits per heavy atom. The molecule has 13 nitrogen and oxygen atoms in total. The van der Waals surface area contributed by atoms with Crippen LogP contribution in [0.5, 0.6) is 11.5 Å². The number of nitrogens with two attached hydrogens (primary N) is 1. The number of nitrogens with zero attached hydrogens (tertiary/aromatic N) is 3. The van der Waals surface area contributed by atoms with Gasteiger partial charge in [-0.1, -0.05) is 0 Å². The molecule has 5 N–H and O–H groups in total. The number of carbonyl (C=O) groups excluding carboxylic acids is 4. The lowest BCUT2D eigenvalue weighted by Gasteiger charge is -2.34. The summed E-state index contributed by atoms with van der Waals surface area (Å²) >= 11 is 0. The number of urea groups is 2. The van der Waals surface area contributed by atoms with Gasteiger partial charge in [-0.3, -0.25) is 19.4 Å². The first kappa shape index (κ1) is 19.4. The van der Waals surface area contributed by atoms with Gasteiger partial charge in [-0.2, -0.15) is 8.42 Å². The highest BCUT2D eigenvalue weighted by Gasteiger charge is 2.44. The molecule has 2 fully saturated rings. The second kappa shape index (κ2) is 6.65. The number of benzene rings is 1. The van der Waals surface area contributed by atoms with Crippen molar-refractivity contribution in [3.63, 3.8) is 0 Å². The van der Waals surface area contributed by atoms with Crippen LogP contribution in [0.2, 0.25) is 0 Å². The zero-order valence-corrected chi connectivity index (χ0v) is 14.9. The summed E-state index contributed by atoms with van der Waals surface area (Å²) in [5, 5.41) is 18.7. The topological polar surface area (TPSA) is 191 Å². The predicted molar refractivity (Wildman–Crippen MR) is 90.1 cm³/mol. The molecule has 0 unspecified atom stereocenters. The summed E-state index contributed by atoms with van der Waals surface area (Å²) in [6.45, 7) is -0.893. The molecule has 0 aliphatic carbocycles. The van der Waals surface area contributed by atoms with E-state index in [0.717, 1.165) is 18.2 Å². The van der Waals surface area contributed by atoms with E-state index in [-0.39, 0.29) is 23.0 Å². The van der Waals surface area contributed by atoms with Gasteiger partial charge in [0, 0.05) is 12.1 Å². The lowest BCUT2D eigenvalue weighted by Crippen LogP contribution is -2.66. The Morgan fingerprint density at radius 3 is 2.36 bits per heavy atom. The molecule has 1 atom stereocenters. The van der Waals surface area contributed by atoms with Crippen LogP contribution in [0.4, 0.5) is 9.59 Å². The minimum atomic E-state index is -4.67. The number of likely N-dealkylation sites (tertiary alicyclic amines) is 1. The van der Waals surface area contributed by atoms with Gasteiger partial charge >= 0.3 is 22.3 Å². The van der Waals surface area contributed by atoms with Crippen molar-refractivity contribution in [2.75, 3.05) is 19.6 Å². The highest BCUT2D eigenvalue weighted by atomic mass is 32.2. The molecular formula is C14H15N5O8S. The number of amides is 6. The number of phenolic OH excluding ortho intramolecular Hbond substituents is 2. The van der Waals surface area contributed by atoms with Gasteiger partial charge in [-0.15, -0.1) is 0 Å². The van der Waals surface area contributed by atoms with Crippen LogP contribution in [0.3, 0.4) is 0 Å². The third-order valence-corrected chi connectivity index (χ3v) is 5.50. The van der Waals surface area contributed by atoms with E-state index >= 15 is 0 Å². The second-order valence-corrected chi connectivity index (χ2v) is 7.58. The smallest absolute Gasteiger partial charge is 0.342 e. The third kappa shape index (κ3) is 3.18. The number of β-lactam (4-membered cyclic amide) rings is 1. The summed E-state index contributed by atoms with van der Waals surface area (Å²) < 4.78 is 26.4. The average Bonchev–Trinajstić information content (AvgIpc) is 3.02. The molecule has 2 saturated heterocycles. The van der Waals surface area contributed by atoms with Gasteiger partial charge in [0.15, 0.2) is 11.5 Å². The lowest BCUT2D eigenvalue weighted by atomic mass is 10.1. The Labute approximate surface area is 158 Å². The molecule has 6 amide bonds. The van der Waals surface area contributed by atoms with E-state index in [4.69, 9.17) is 5.73 Å². The number of rotatable bonds is 3. The normalized spacial score (nSPS) is 19.6. The number of phenols is 2. The molecule has 14 heteroatoms. The van der Waals surface area contributed by atoms with Gasteiger partial charge in [-0.05, 0) is 18.2 Å². The zero-order chi connectivity index (χ0) is 20.8. The van der Waals surface area contributed by atoms with E-state index in [0.29, 0.717) is 9.80 Å². The Balaban J connectivity index is 1.72. The van der Waals surface area contributed by atoms with E-state index in [1.165, 1.54) is 0 Å². The van der Waals surface area contributed by atoms with Crippen LogP contribution in [0.1, 0.15) is 10.4 Å². The average molecular weight is 413 g/mol. The van der Waals surface area contributed by atoms with E-state index in [2.05, 4.69) is 0 Å². The molecule has 0 aromatic heterocycles. The molecule has 150 valence electrons. The molecule has 2 aliphatic heterocycles. The van der Waals surface area contributed by atoms with E-state index in [9.17, 15) is 37.8 Å². The van der Waals surface area contributed by atoms with Gasteiger partial charge in [0.25, 0.3) is 5.91 Å². The fraction of sp³-hybridized carbons (Fsp3) is 0.286. The summed E-state index contributed by atoms with van der Waals surface area (Å²) in [5.74, 6) is -2.74. The first-order valence-electron chi connectivity index (χ1n) is 7.82. The monoisotopic (exact) mass is 413 g/mol. The number of carbonyl (C=O) groups is 4. The zero-order valence-electron chi connectivity index (χ0n) is 14.1. The van der Waals surface area contributed by atoms with Crippen LogP contribution < -0.4 is 10.5 Å². The molecular weight excluding hydrogens is 398 g/mol. The third-order valence-electron chi connectivity index (χ3n) is 4.15. The highest BCUT2D eigenvalue weighted by Crippen LogP contribution is 2.26. The quantitative estimate of drug-likeness (QED) is 0.324. The predicted octanol–water partition coefficient (Wildman–Crippen LogP) is -1.90. The second-order valence-electron chi connectivity index (χ2n) is 5.98. The van der Waals surface area contributed by atoms with Crippen molar-refractivity contribution in [1.82, 2.24) is 18.8 Å². The molecule has 2 heterocycles. The van der Waals surface area contributed by atoms with Crippen LogP contribution in [-0.2, 0) is 15.0 Å². The van der Waals surface area contributed by atoms with Gasteiger partial charge in [0.1, 0.15) is 6.04 Å². The van der Waals surface area contributed by atoms with Crippen LogP contribution in [-0.4, -0.2) is 82.3 Å². The summed E-state index contributed by atoms with van der Waals surface area (Å²) in [6.07, 6.45) is 0. The van der Waals surface area contributed by atoms with Crippen molar-refractivity contribution in [1.29, 1.82) is 0 Å². The maximum absolute atomic E-state index is 12.4. The largest absolute Gasteiger partial charge is 0.504 e. The maximum Gasteiger partial charge on any atom is 0.342 e. The summed E-state index contributed by atoms with van der Waals surface area (Å²) in [4.78, 5) is 49.2. The Bertz CT molecular complexity index is 993. The molecule has 0 saturated carbocycles. The summed E-state index contributed by atoms with van der Waals surface area (Å²) in [7, 11) is -4.67. The number of imide groups is 2. The Hall–Kier alpha value is -3.39. The Morgan fingerprint density at radius 1 is 1.11 bits per heavy atom. The van der Waals surface area contributed by atoms with Crippen molar-refractivity contribution in [2.45, 2.75) is 6.04 Å². The minimum absolute atomic E-state index is 0.160. The molecule has 3 rings (SSSR count). The van der Waals surface area contributed by atoms with Crippen LogP contribution in [0, 0.1) is 0 Å². The molecule has 0 spiro atoms. The Kier molecular flexibility index (Phi) is 4.60. The minimum Gasteiger partial charge on any atom is -0.504 e. The first-order valence-corrected chi connectivity index (χ1v) is 9.26. The molecule has 1 aromatic rings. The fourth-order valence-corrected chi connectivity index (χ4v) is 3.66. The SMILES string of the molecule is N[C@H]1CN(C(=O)NS(=O)(=O)N2CCN(C(=O)c3ccc(O)c(O)c3)C2=O)C1=O. The standard InChI is InChI=1S/C14H15N5O8S/c15-8-6-18(12(8)23)13(24)16-28(26,27)19-4-3-17(14(19)25)11(22)7-1-2-9(20)10(21)5-7/h1-2,5,8,20-21H,3-4,6,15H2,(H,16,24)/t8-/m0/s1. The fourth-order valence-electron chi connectivity index (χ4n) is 2.60. The van der Waals surface area contributed by atoms with Crippen LogP contribution in [0.25, 0.3) is 0 Å². The summed E-state index contributed by atoms with van der Waals surface area (Å²) in [5.41, 5.74) is 5.16. The molecule has 2 aliphatic rings. The van der Waals surface area contributed by atoms with E-state index in [1.54, 1.807) is 4.72 Å². The molecule has 0 bridgehead atoms. The molecule has 28 heavy (non-hydrogen) atoms. The number of aromatic hydroxyl groups is 2. The van der Waals surface area contributed by atoms with Gasteiger partial charge in [-0.25, -0.2) is 18.6 Å². The maximum atomic E-state index is 12.4. The van der Waals surface area contributed by atoms with Crippen molar-refractivity contribution < 1.29 is 37.8 Å².